The van der Waals surface area contributed by atoms with E-state index in [-0.39, 0.29) is 6.04 Å². The Balaban J connectivity index is 1.94. The zero-order valence-electron chi connectivity index (χ0n) is 15.7. The maximum absolute atomic E-state index is 5.43. The standard InChI is InChI=1S/C21H24N4O/c1-13-6-5-7-17(14(13)2)15(3)23-20-18-12-16(26-4)8-9-19(18)25-11-10-22-21(25)24-20/h5-9,12,15H,10-11H2,1-4H3,(H,22,23,24)/t15-/m1/s1. The van der Waals surface area contributed by atoms with Crippen LogP contribution in [0.25, 0.3) is 10.9 Å². The van der Waals surface area contributed by atoms with Gasteiger partial charge in [0.1, 0.15) is 5.75 Å². The third-order valence-corrected chi connectivity index (χ3v) is 5.23. The average Bonchev–Trinajstić information content (AvgIpc) is 3.12. The molecule has 2 heterocycles. The monoisotopic (exact) mass is 348 g/mol. The highest BCUT2D eigenvalue weighted by atomic mass is 16.5. The molecule has 3 aromatic rings. The first-order valence-corrected chi connectivity index (χ1v) is 9.01. The van der Waals surface area contributed by atoms with Gasteiger partial charge in [-0.2, -0.15) is 4.98 Å². The summed E-state index contributed by atoms with van der Waals surface area (Å²) < 4.78 is 7.63. The first-order valence-electron chi connectivity index (χ1n) is 9.01. The Morgan fingerprint density at radius 2 is 2.08 bits per heavy atom. The van der Waals surface area contributed by atoms with Gasteiger partial charge in [-0.3, -0.25) is 4.99 Å². The van der Waals surface area contributed by atoms with Crippen LogP contribution in [0.1, 0.15) is 29.7 Å². The molecular formula is C21H24N4O. The second-order valence-electron chi connectivity index (χ2n) is 6.81. The fraction of sp³-hybridized carbons (Fsp3) is 0.333. The molecule has 5 heteroatoms. The molecule has 1 atom stereocenters. The predicted octanol–water partition coefficient (Wildman–Crippen LogP) is 3.75. The third kappa shape index (κ3) is 2.73. The minimum absolute atomic E-state index is 0.0289. The lowest BCUT2D eigenvalue weighted by Gasteiger charge is -2.14. The summed E-state index contributed by atoms with van der Waals surface area (Å²) in [4.78, 5) is 9.80. The van der Waals surface area contributed by atoms with Crippen LogP contribution in [0.4, 0.5) is 5.95 Å². The third-order valence-electron chi connectivity index (χ3n) is 5.23. The van der Waals surface area contributed by atoms with Gasteiger partial charge in [0.2, 0.25) is 5.95 Å². The van der Waals surface area contributed by atoms with Crippen molar-refractivity contribution in [1.82, 2.24) is 9.55 Å². The molecule has 0 aliphatic carbocycles. The van der Waals surface area contributed by atoms with Crippen LogP contribution in [0.15, 0.2) is 41.4 Å². The number of ether oxygens (including phenoxy) is 1. The fourth-order valence-electron chi connectivity index (χ4n) is 3.61. The van der Waals surface area contributed by atoms with Crippen LogP contribution >= 0.6 is 0 Å². The largest absolute Gasteiger partial charge is 0.497 e. The molecule has 1 aliphatic heterocycles. The van der Waals surface area contributed by atoms with Gasteiger partial charge in [-0.25, -0.2) is 0 Å². The van der Waals surface area contributed by atoms with Crippen molar-refractivity contribution >= 4 is 16.9 Å². The van der Waals surface area contributed by atoms with Crippen LogP contribution in [0, 0.1) is 13.8 Å². The second-order valence-corrected chi connectivity index (χ2v) is 6.81. The summed E-state index contributed by atoms with van der Waals surface area (Å²) in [7, 11) is 1.69. The molecule has 1 aromatic heterocycles. The minimum atomic E-state index is 0.0289. The lowest BCUT2D eigenvalue weighted by Crippen LogP contribution is -2.16. The van der Waals surface area contributed by atoms with E-state index in [0.29, 0.717) is 0 Å². The molecule has 2 aromatic carbocycles. The van der Waals surface area contributed by atoms with Crippen molar-refractivity contribution in [3.05, 3.63) is 58.6 Å². The molecule has 134 valence electrons. The smallest absolute Gasteiger partial charge is 0.205 e. The molecule has 1 N–H and O–H groups in total. The van der Waals surface area contributed by atoms with Gasteiger partial charge >= 0.3 is 0 Å². The molecule has 0 radical (unpaired) electrons. The topological polar surface area (TPSA) is 51.4 Å². The Kier molecular flexibility index (Phi) is 4.15. The molecule has 4 rings (SSSR count). The van der Waals surface area contributed by atoms with Gasteiger partial charge in [-0.1, -0.05) is 18.2 Å². The van der Waals surface area contributed by atoms with Crippen LogP contribution in [0.3, 0.4) is 0 Å². The number of rotatable bonds is 3. The quantitative estimate of drug-likeness (QED) is 0.784. The van der Waals surface area contributed by atoms with Crippen molar-refractivity contribution < 1.29 is 4.74 Å². The summed E-state index contributed by atoms with van der Waals surface area (Å²) in [5, 5.41) is 4.38. The molecule has 0 spiro atoms. The lowest BCUT2D eigenvalue weighted by atomic mass is 9.99. The Morgan fingerprint density at radius 3 is 2.88 bits per heavy atom. The highest BCUT2D eigenvalue weighted by molar-refractivity contribution is 5.81. The van der Waals surface area contributed by atoms with Crippen LogP contribution in [-0.4, -0.2) is 23.2 Å². The molecule has 0 saturated heterocycles. The van der Waals surface area contributed by atoms with E-state index in [1.807, 2.05) is 12.1 Å². The van der Waals surface area contributed by atoms with Gasteiger partial charge in [0, 0.05) is 18.5 Å². The Morgan fingerprint density at radius 1 is 1.23 bits per heavy atom. The summed E-state index contributed by atoms with van der Waals surface area (Å²) >= 11 is 0. The predicted molar refractivity (Wildman–Crippen MR) is 105 cm³/mol. The summed E-state index contributed by atoms with van der Waals surface area (Å²) in [6.07, 6.45) is 0. The Hall–Kier alpha value is -2.82. The molecule has 0 amide bonds. The van der Waals surface area contributed by atoms with Crippen LogP contribution in [-0.2, 0) is 6.54 Å². The van der Waals surface area contributed by atoms with E-state index in [4.69, 9.17) is 14.7 Å². The second kappa shape index (κ2) is 6.48. The van der Waals surface area contributed by atoms with Crippen molar-refractivity contribution in [2.75, 3.05) is 19.0 Å². The van der Waals surface area contributed by atoms with E-state index >= 15 is 0 Å². The molecule has 0 unspecified atom stereocenters. The lowest BCUT2D eigenvalue weighted by molar-refractivity contribution is 0.415. The average molecular weight is 348 g/mol. The van der Waals surface area contributed by atoms with Crippen molar-refractivity contribution in [1.29, 1.82) is 0 Å². The molecule has 0 fully saturated rings. The van der Waals surface area contributed by atoms with E-state index in [1.165, 1.54) is 16.7 Å². The number of fused-ring (bicyclic) bond motifs is 3. The fourth-order valence-corrected chi connectivity index (χ4v) is 3.61. The number of aryl methyl sites for hydroxylation is 1. The summed E-state index contributed by atoms with van der Waals surface area (Å²) in [5.74, 6) is 1.70. The molecule has 1 aliphatic rings. The number of nitrogens with one attached hydrogen (secondary N) is 1. The maximum atomic E-state index is 5.43. The Labute approximate surface area is 153 Å². The van der Waals surface area contributed by atoms with Gasteiger partial charge < -0.3 is 14.6 Å². The van der Waals surface area contributed by atoms with Crippen LogP contribution in [0.5, 0.6) is 5.75 Å². The normalized spacial score (nSPS) is 15.0. The van der Waals surface area contributed by atoms with E-state index in [1.54, 1.807) is 7.11 Å². The summed E-state index contributed by atoms with van der Waals surface area (Å²) in [6, 6.07) is 12.5. The SMILES string of the molecule is COc1ccc2c(c1)c(=N[C@H](C)c1cccc(C)c1C)nc1n2CCN1. The molecular weight excluding hydrogens is 324 g/mol. The van der Waals surface area contributed by atoms with Gasteiger partial charge in [-0.05, 0) is 55.7 Å². The van der Waals surface area contributed by atoms with Gasteiger partial charge in [0.15, 0.2) is 5.49 Å². The number of hydrogen-bond donors (Lipinski definition) is 1. The molecule has 26 heavy (non-hydrogen) atoms. The first-order chi connectivity index (χ1) is 12.6. The van der Waals surface area contributed by atoms with Crippen molar-refractivity contribution in [2.24, 2.45) is 4.99 Å². The van der Waals surface area contributed by atoms with Gasteiger partial charge in [-0.15, -0.1) is 0 Å². The summed E-state index contributed by atoms with van der Waals surface area (Å²) in [6.45, 7) is 8.23. The minimum Gasteiger partial charge on any atom is -0.497 e. The first kappa shape index (κ1) is 16.6. The number of aromatic nitrogens is 2. The highest BCUT2D eigenvalue weighted by Crippen LogP contribution is 2.25. The Bertz CT molecular complexity index is 1050. The van der Waals surface area contributed by atoms with Crippen molar-refractivity contribution in [2.45, 2.75) is 33.4 Å². The summed E-state index contributed by atoms with van der Waals surface area (Å²) in [5.41, 5.74) is 5.71. The van der Waals surface area contributed by atoms with Gasteiger partial charge in [0.05, 0.1) is 18.7 Å². The number of hydrogen-bond acceptors (Lipinski definition) is 4. The van der Waals surface area contributed by atoms with Crippen LogP contribution < -0.4 is 15.5 Å². The number of nitrogens with zero attached hydrogens (tertiary/aromatic N) is 3. The van der Waals surface area contributed by atoms with Gasteiger partial charge in [0.25, 0.3) is 0 Å². The molecule has 0 bridgehead atoms. The van der Waals surface area contributed by atoms with E-state index in [0.717, 1.165) is 41.2 Å². The number of methoxy groups -OCH3 is 1. The zero-order valence-corrected chi connectivity index (χ0v) is 15.7. The van der Waals surface area contributed by atoms with E-state index in [2.05, 4.69) is 54.9 Å². The van der Waals surface area contributed by atoms with E-state index in [9.17, 15) is 0 Å². The molecule has 5 nitrogen and oxygen atoms in total. The highest BCUT2D eigenvalue weighted by Gasteiger charge is 2.16. The number of anilines is 1. The zero-order chi connectivity index (χ0) is 18.3. The number of benzene rings is 2. The maximum Gasteiger partial charge on any atom is 0.205 e. The molecule has 0 saturated carbocycles. The van der Waals surface area contributed by atoms with E-state index < -0.39 is 0 Å². The van der Waals surface area contributed by atoms with Crippen molar-refractivity contribution in [3.8, 4) is 5.75 Å². The van der Waals surface area contributed by atoms with Crippen LogP contribution in [0.2, 0.25) is 0 Å². The van der Waals surface area contributed by atoms with Crippen molar-refractivity contribution in [3.63, 3.8) is 0 Å².